The van der Waals surface area contributed by atoms with Crippen LogP contribution in [0.15, 0.2) is 0 Å². The summed E-state index contributed by atoms with van der Waals surface area (Å²) >= 11 is 0. The minimum atomic E-state index is -7.97. The van der Waals surface area contributed by atoms with Gasteiger partial charge in [0.25, 0.3) is 0 Å². The number of rotatable bonds is 0. The lowest BCUT2D eigenvalue weighted by Gasteiger charge is -2.38. The zero-order valence-corrected chi connectivity index (χ0v) is 12.5. The number of hydrogen-bond acceptors (Lipinski definition) is 3. The Morgan fingerprint density at radius 2 is 0.467 bits per heavy atom. The Morgan fingerprint density at radius 1 is 0.333 bits per heavy atom. The van der Waals surface area contributed by atoms with Crippen LogP contribution in [0.1, 0.15) is 0 Å². The van der Waals surface area contributed by atoms with Crippen molar-refractivity contribution in [1.29, 1.82) is 0 Å². The van der Waals surface area contributed by atoms with Crippen molar-refractivity contribution < 1.29 is 93.2 Å². The molecule has 3 nitrogen and oxygen atoms in total. The van der Waals surface area contributed by atoms with Crippen molar-refractivity contribution >= 4 is 0 Å². The smallest absolute Gasteiger partial charge is 0.263 e. The maximum absolute atomic E-state index is 13.6. The molecular formula is C9F18O3. The number of alkyl halides is 18. The molecule has 0 bridgehead atoms. The highest BCUT2D eigenvalue weighted by Gasteiger charge is 2.91. The molecule has 1 rings (SSSR count). The molecule has 0 aromatic rings. The number of halogens is 18. The van der Waals surface area contributed by atoms with Crippen LogP contribution < -0.4 is 0 Å². The van der Waals surface area contributed by atoms with E-state index in [4.69, 9.17) is 0 Å². The SMILES string of the molecule is FC(F)(F)C1(F)OC(F)(F)C(F)(C(F)(F)F)OC(F)(F)C(F)(C(F)(F)F)OC1(F)F. The minimum Gasteiger partial charge on any atom is -0.263 e. The normalized spacial score (nSPS) is 37.8. The van der Waals surface area contributed by atoms with Crippen LogP contribution in [0.5, 0.6) is 0 Å². The lowest BCUT2D eigenvalue weighted by atomic mass is 10.2. The van der Waals surface area contributed by atoms with Crippen molar-refractivity contribution in [3.63, 3.8) is 0 Å². The zero-order valence-electron chi connectivity index (χ0n) is 12.5. The van der Waals surface area contributed by atoms with Gasteiger partial charge < -0.3 is 0 Å². The van der Waals surface area contributed by atoms with Crippen LogP contribution in [-0.4, -0.2) is 54.4 Å². The fourth-order valence-electron chi connectivity index (χ4n) is 1.57. The lowest BCUT2D eigenvalue weighted by Crippen LogP contribution is -2.66. The summed E-state index contributed by atoms with van der Waals surface area (Å²) in [5.41, 5.74) is 0. The van der Waals surface area contributed by atoms with E-state index < -0.39 is 54.4 Å². The minimum absolute atomic E-state index is 1.38. The van der Waals surface area contributed by atoms with Crippen molar-refractivity contribution in [3.8, 4) is 0 Å². The van der Waals surface area contributed by atoms with Crippen LogP contribution in [0, 0.1) is 0 Å². The Kier molecular flexibility index (Phi) is 5.62. The molecule has 1 aliphatic rings. The largest absolute Gasteiger partial charge is 0.458 e. The second-order valence-electron chi connectivity index (χ2n) is 5.14. The second kappa shape index (κ2) is 6.33. The summed E-state index contributed by atoms with van der Waals surface area (Å²) in [6, 6.07) is 0. The number of hydrogen-bond donors (Lipinski definition) is 0. The van der Waals surface area contributed by atoms with Gasteiger partial charge in [0.1, 0.15) is 0 Å². The van der Waals surface area contributed by atoms with Gasteiger partial charge in [0.2, 0.25) is 0 Å². The Balaban J connectivity index is 4.11. The topological polar surface area (TPSA) is 27.7 Å². The highest BCUT2D eigenvalue weighted by molar-refractivity contribution is 5.00. The van der Waals surface area contributed by atoms with Gasteiger partial charge in [-0.05, 0) is 0 Å². The maximum Gasteiger partial charge on any atom is 0.458 e. The van der Waals surface area contributed by atoms with E-state index in [2.05, 4.69) is 0 Å². The van der Waals surface area contributed by atoms with Gasteiger partial charge in [-0.15, -0.1) is 0 Å². The van der Waals surface area contributed by atoms with Crippen molar-refractivity contribution in [3.05, 3.63) is 0 Å². The summed E-state index contributed by atoms with van der Waals surface area (Å²) < 4.78 is 237. The summed E-state index contributed by atoms with van der Waals surface area (Å²) in [6.07, 6.45) is -47.5. The Bertz CT molecular complexity index is 573. The molecule has 0 aromatic carbocycles. The average molecular weight is 498 g/mol. The van der Waals surface area contributed by atoms with E-state index in [0.717, 1.165) is 0 Å². The Hall–Kier alpha value is -1.38. The predicted molar refractivity (Wildman–Crippen MR) is 47.8 cm³/mol. The maximum atomic E-state index is 13.6. The van der Waals surface area contributed by atoms with E-state index in [1.165, 1.54) is 14.2 Å². The van der Waals surface area contributed by atoms with Crippen LogP contribution in [-0.2, 0) is 14.2 Å². The fraction of sp³-hybridized carbons (Fsp3) is 1.00. The van der Waals surface area contributed by atoms with Crippen LogP contribution in [0.2, 0.25) is 0 Å². The van der Waals surface area contributed by atoms with Crippen molar-refractivity contribution in [2.45, 2.75) is 54.4 Å². The molecule has 0 aliphatic carbocycles. The molecule has 0 aromatic heterocycles. The van der Waals surface area contributed by atoms with Crippen LogP contribution in [0.25, 0.3) is 0 Å². The van der Waals surface area contributed by atoms with Crippen LogP contribution >= 0.6 is 0 Å². The van der Waals surface area contributed by atoms with Gasteiger partial charge >= 0.3 is 54.4 Å². The Morgan fingerprint density at radius 3 is 0.567 bits per heavy atom. The highest BCUT2D eigenvalue weighted by Crippen LogP contribution is 2.62. The molecular weight excluding hydrogens is 498 g/mol. The van der Waals surface area contributed by atoms with E-state index in [1.54, 1.807) is 0 Å². The summed E-state index contributed by atoms with van der Waals surface area (Å²) in [5, 5.41) is 0. The third-order valence-electron chi connectivity index (χ3n) is 3.02. The zero-order chi connectivity index (χ0) is 24.6. The molecule has 0 spiro atoms. The van der Waals surface area contributed by atoms with Crippen LogP contribution in [0.4, 0.5) is 79.0 Å². The first kappa shape index (κ1) is 26.7. The van der Waals surface area contributed by atoms with Gasteiger partial charge in [-0.1, -0.05) is 0 Å². The van der Waals surface area contributed by atoms with E-state index in [-0.39, 0.29) is 0 Å². The average Bonchev–Trinajstić information content (AvgIpc) is 2.41. The predicted octanol–water partition coefficient (Wildman–Crippen LogP) is 5.51. The Labute approximate surface area is 149 Å². The van der Waals surface area contributed by atoms with Crippen molar-refractivity contribution in [1.82, 2.24) is 0 Å². The molecule has 0 radical (unpaired) electrons. The first-order chi connectivity index (χ1) is 12.6. The van der Waals surface area contributed by atoms with Gasteiger partial charge in [-0.25, -0.2) is 0 Å². The van der Waals surface area contributed by atoms with Gasteiger partial charge in [0.15, 0.2) is 0 Å². The molecule has 30 heavy (non-hydrogen) atoms. The lowest BCUT2D eigenvalue weighted by molar-refractivity contribution is -0.543. The standard InChI is InChI=1S/C9F18O3/c10-1(4(13,14)15)7(22,23)29-3(12,6(19,20)21)9(26,27)30-2(11,5(16,17)18)8(24,25)28-1. The monoisotopic (exact) mass is 498 g/mol. The van der Waals surface area contributed by atoms with E-state index in [0.29, 0.717) is 0 Å². The fourth-order valence-corrected chi connectivity index (χ4v) is 1.57. The van der Waals surface area contributed by atoms with Crippen molar-refractivity contribution in [2.24, 2.45) is 0 Å². The molecule has 21 heteroatoms. The highest BCUT2D eigenvalue weighted by atomic mass is 19.4. The molecule has 0 saturated carbocycles. The van der Waals surface area contributed by atoms with Gasteiger partial charge in [0.05, 0.1) is 0 Å². The molecule has 0 amide bonds. The summed E-state index contributed by atoms with van der Waals surface area (Å²) in [4.78, 5) is 0. The third-order valence-corrected chi connectivity index (χ3v) is 3.02. The number of ether oxygens (including phenoxy) is 3. The summed E-state index contributed by atoms with van der Waals surface area (Å²) in [5.74, 6) is -23.9. The molecule has 1 aliphatic heterocycles. The molecule has 0 N–H and O–H groups in total. The van der Waals surface area contributed by atoms with E-state index in [9.17, 15) is 79.0 Å². The van der Waals surface area contributed by atoms with Gasteiger partial charge in [0, 0.05) is 0 Å². The first-order valence-electron chi connectivity index (χ1n) is 6.13. The molecule has 3 unspecified atom stereocenters. The summed E-state index contributed by atoms with van der Waals surface area (Å²) in [7, 11) is 0. The quantitative estimate of drug-likeness (QED) is 0.413. The molecule has 1 fully saturated rings. The van der Waals surface area contributed by atoms with Crippen LogP contribution in [0.3, 0.4) is 0 Å². The van der Waals surface area contributed by atoms with Gasteiger partial charge in [-0.2, -0.15) is 79.0 Å². The molecule has 1 heterocycles. The van der Waals surface area contributed by atoms with Crippen molar-refractivity contribution in [2.75, 3.05) is 0 Å². The molecule has 3 atom stereocenters. The third kappa shape index (κ3) is 3.50. The van der Waals surface area contributed by atoms with Gasteiger partial charge in [-0.3, -0.25) is 14.2 Å². The summed E-state index contributed by atoms with van der Waals surface area (Å²) in [6.45, 7) is 0. The molecule has 180 valence electrons. The first-order valence-corrected chi connectivity index (χ1v) is 6.13. The van der Waals surface area contributed by atoms with E-state index in [1.807, 2.05) is 0 Å². The molecule has 1 saturated heterocycles. The van der Waals surface area contributed by atoms with E-state index >= 15 is 0 Å². The second-order valence-corrected chi connectivity index (χ2v) is 5.14.